The maximum absolute atomic E-state index is 5.28. The third kappa shape index (κ3) is 2.61. The summed E-state index contributed by atoms with van der Waals surface area (Å²) in [5, 5.41) is 3.46. The van der Waals surface area contributed by atoms with Crippen molar-refractivity contribution in [3.63, 3.8) is 0 Å². The smallest absolute Gasteiger partial charge is 0.213 e. The molecule has 1 aliphatic rings. The molecule has 1 aromatic heterocycles. The van der Waals surface area contributed by atoms with E-state index in [1.807, 2.05) is 25.3 Å². The summed E-state index contributed by atoms with van der Waals surface area (Å²) >= 11 is 0. The minimum Gasteiger partial charge on any atom is -0.478 e. The molecule has 1 heterocycles. The normalized spacial score (nSPS) is 24.4. The lowest BCUT2D eigenvalue weighted by Crippen LogP contribution is -2.33. The van der Waals surface area contributed by atoms with E-state index < -0.39 is 0 Å². The van der Waals surface area contributed by atoms with Gasteiger partial charge in [0.1, 0.15) is 0 Å². The first-order chi connectivity index (χ1) is 7.28. The monoisotopic (exact) mass is 206 g/mol. The molecule has 15 heavy (non-hydrogen) atoms. The molecule has 1 N–H and O–H groups in total. The zero-order valence-corrected chi connectivity index (χ0v) is 9.36. The third-order valence-electron chi connectivity index (χ3n) is 2.77. The van der Waals surface area contributed by atoms with Crippen LogP contribution in [0.2, 0.25) is 0 Å². The number of rotatable bonds is 4. The molecule has 1 aromatic rings. The molecule has 0 radical (unpaired) electrons. The van der Waals surface area contributed by atoms with E-state index in [-0.39, 0.29) is 0 Å². The number of nitrogens with one attached hydrogen (secondary N) is 1. The molecule has 82 valence electrons. The van der Waals surface area contributed by atoms with Crippen LogP contribution in [0.3, 0.4) is 0 Å². The van der Waals surface area contributed by atoms with E-state index in [2.05, 4.69) is 17.2 Å². The summed E-state index contributed by atoms with van der Waals surface area (Å²) < 4.78 is 5.28. The fourth-order valence-electron chi connectivity index (χ4n) is 1.95. The molecule has 1 saturated carbocycles. The summed E-state index contributed by atoms with van der Waals surface area (Å²) in [4.78, 5) is 4.21. The zero-order valence-electron chi connectivity index (χ0n) is 9.36. The van der Waals surface area contributed by atoms with Crippen molar-refractivity contribution >= 4 is 5.69 Å². The van der Waals surface area contributed by atoms with Gasteiger partial charge in [-0.15, -0.1) is 0 Å². The summed E-state index contributed by atoms with van der Waals surface area (Å²) in [6.07, 6.45) is 4.38. The van der Waals surface area contributed by atoms with Gasteiger partial charge in [-0.3, -0.25) is 0 Å². The quantitative estimate of drug-likeness (QED) is 0.822. The number of ether oxygens (including phenoxy) is 1. The van der Waals surface area contributed by atoms with Crippen LogP contribution in [0.5, 0.6) is 5.88 Å². The van der Waals surface area contributed by atoms with Crippen LogP contribution in [0.1, 0.15) is 26.7 Å². The highest BCUT2D eigenvalue weighted by Crippen LogP contribution is 2.29. The van der Waals surface area contributed by atoms with Crippen LogP contribution in [0.4, 0.5) is 5.69 Å². The van der Waals surface area contributed by atoms with Crippen molar-refractivity contribution in [1.29, 1.82) is 0 Å². The summed E-state index contributed by atoms with van der Waals surface area (Å²) in [5.74, 6) is 1.57. The molecule has 0 unspecified atom stereocenters. The van der Waals surface area contributed by atoms with Crippen molar-refractivity contribution in [2.75, 3.05) is 11.9 Å². The van der Waals surface area contributed by atoms with Crippen LogP contribution in [0.25, 0.3) is 0 Å². The second kappa shape index (κ2) is 4.51. The lowest BCUT2D eigenvalue weighted by Gasteiger charge is -2.33. The van der Waals surface area contributed by atoms with Crippen LogP contribution in [0.15, 0.2) is 18.3 Å². The molecule has 0 amide bonds. The Hall–Kier alpha value is -1.25. The number of pyridine rings is 1. The predicted molar refractivity (Wildman–Crippen MR) is 61.2 cm³/mol. The summed E-state index contributed by atoms with van der Waals surface area (Å²) in [6, 6.07) is 4.58. The van der Waals surface area contributed by atoms with Gasteiger partial charge in [0.25, 0.3) is 0 Å². The lowest BCUT2D eigenvalue weighted by molar-refractivity contribution is 0.308. The highest BCUT2D eigenvalue weighted by molar-refractivity contribution is 5.43. The summed E-state index contributed by atoms with van der Waals surface area (Å²) in [5.41, 5.74) is 1.09. The molecule has 0 atom stereocenters. The van der Waals surface area contributed by atoms with Crippen molar-refractivity contribution in [2.24, 2.45) is 5.92 Å². The van der Waals surface area contributed by atoms with E-state index in [9.17, 15) is 0 Å². The molecule has 0 bridgehead atoms. The molecule has 3 nitrogen and oxygen atoms in total. The number of nitrogens with zero attached hydrogens (tertiary/aromatic N) is 1. The Bertz CT molecular complexity index is 304. The number of hydrogen-bond donors (Lipinski definition) is 1. The van der Waals surface area contributed by atoms with Crippen molar-refractivity contribution in [3.8, 4) is 5.88 Å². The highest BCUT2D eigenvalue weighted by atomic mass is 16.5. The van der Waals surface area contributed by atoms with Crippen molar-refractivity contribution in [2.45, 2.75) is 32.7 Å². The van der Waals surface area contributed by atoms with Gasteiger partial charge in [0, 0.05) is 12.1 Å². The SMILES string of the molecule is CCOc1ccc(NC2CC(C)C2)cn1. The number of hydrogen-bond acceptors (Lipinski definition) is 3. The minimum absolute atomic E-state index is 0.639. The largest absolute Gasteiger partial charge is 0.478 e. The number of anilines is 1. The first-order valence-corrected chi connectivity index (χ1v) is 5.63. The van der Waals surface area contributed by atoms with Gasteiger partial charge in [0.15, 0.2) is 0 Å². The van der Waals surface area contributed by atoms with Crippen molar-refractivity contribution < 1.29 is 4.74 Å². The van der Waals surface area contributed by atoms with E-state index in [0.717, 1.165) is 11.6 Å². The van der Waals surface area contributed by atoms with E-state index in [1.54, 1.807) is 0 Å². The Morgan fingerprint density at radius 3 is 2.80 bits per heavy atom. The van der Waals surface area contributed by atoms with E-state index in [0.29, 0.717) is 18.5 Å². The molecular formula is C12H18N2O. The minimum atomic E-state index is 0.639. The zero-order chi connectivity index (χ0) is 10.7. The van der Waals surface area contributed by atoms with E-state index >= 15 is 0 Å². The van der Waals surface area contributed by atoms with Gasteiger partial charge in [0.05, 0.1) is 18.5 Å². The first-order valence-electron chi connectivity index (χ1n) is 5.63. The van der Waals surface area contributed by atoms with Crippen LogP contribution in [-0.4, -0.2) is 17.6 Å². The number of aromatic nitrogens is 1. The molecule has 1 aliphatic carbocycles. The molecule has 0 aromatic carbocycles. The van der Waals surface area contributed by atoms with Gasteiger partial charge in [-0.25, -0.2) is 4.98 Å². The maximum Gasteiger partial charge on any atom is 0.213 e. The van der Waals surface area contributed by atoms with Gasteiger partial charge in [-0.05, 0) is 31.7 Å². The van der Waals surface area contributed by atoms with Gasteiger partial charge < -0.3 is 10.1 Å². The van der Waals surface area contributed by atoms with E-state index in [1.165, 1.54) is 12.8 Å². The fourth-order valence-corrected chi connectivity index (χ4v) is 1.95. The second-order valence-electron chi connectivity index (χ2n) is 4.24. The Morgan fingerprint density at radius 1 is 1.47 bits per heavy atom. The van der Waals surface area contributed by atoms with Crippen LogP contribution < -0.4 is 10.1 Å². The fraction of sp³-hybridized carbons (Fsp3) is 0.583. The maximum atomic E-state index is 5.28. The summed E-state index contributed by atoms with van der Waals surface area (Å²) in [7, 11) is 0. The Kier molecular flexibility index (Phi) is 3.09. The Balaban J connectivity index is 1.87. The van der Waals surface area contributed by atoms with Gasteiger partial charge in [0.2, 0.25) is 5.88 Å². The molecule has 2 rings (SSSR count). The van der Waals surface area contributed by atoms with Crippen molar-refractivity contribution in [1.82, 2.24) is 4.98 Å². The topological polar surface area (TPSA) is 34.1 Å². The Morgan fingerprint density at radius 2 is 2.27 bits per heavy atom. The van der Waals surface area contributed by atoms with E-state index in [4.69, 9.17) is 4.74 Å². The molecular weight excluding hydrogens is 188 g/mol. The molecule has 3 heteroatoms. The predicted octanol–water partition coefficient (Wildman–Crippen LogP) is 2.69. The summed E-state index contributed by atoms with van der Waals surface area (Å²) in [6.45, 7) is 4.91. The molecule has 1 fully saturated rings. The highest BCUT2D eigenvalue weighted by Gasteiger charge is 2.24. The Labute approximate surface area is 90.9 Å². The average Bonchev–Trinajstić information content (AvgIpc) is 2.19. The first kappa shape index (κ1) is 10.3. The van der Waals surface area contributed by atoms with Crippen LogP contribution in [0, 0.1) is 5.92 Å². The van der Waals surface area contributed by atoms with Gasteiger partial charge in [-0.1, -0.05) is 6.92 Å². The second-order valence-corrected chi connectivity index (χ2v) is 4.24. The van der Waals surface area contributed by atoms with Gasteiger partial charge in [-0.2, -0.15) is 0 Å². The molecule has 0 aliphatic heterocycles. The molecule has 0 saturated heterocycles. The average molecular weight is 206 g/mol. The lowest BCUT2D eigenvalue weighted by atomic mass is 9.82. The third-order valence-corrected chi connectivity index (χ3v) is 2.77. The standard InChI is InChI=1S/C12H18N2O/c1-3-15-12-5-4-10(8-13-12)14-11-6-9(2)7-11/h4-5,8-9,11,14H,3,6-7H2,1-2H3. The van der Waals surface area contributed by atoms with Gasteiger partial charge >= 0.3 is 0 Å². The van der Waals surface area contributed by atoms with Crippen molar-refractivity contribution in [3.05, 3.63) is 18.3 Å². The van der Waals surface area contributed by atoms with Crippen LogP contribution >= 0.6 is 0 Å². The molecule has 0 spiro atoms. The van der Waals surface area contributed by atoms with Crippen LogP contribution in [-0.2, 0) is 0 Å².